The number of rotatable bonds is 1. The molecule has 0 aromatic heterocycles. The van der Waals surface area contributed by atoms with E-state index >= 15 is 0 Å². The summed E-state index contributed by atoms with van der Waals surface area (Å²) in [6, 6.07) is 8.37. The van der Waals surface area contributed by atoms with Crippen LogP contribution in [0.5, 0.6) is 0 Å². The fraction of sp³-hybridized carbons (Fsp3) is 0.588. The van der Waals surface area contributed by atoms with Gasteiger partial charge in [0.25, 0.3) is 5.91 Å². The van der Waals surface area contributed by atoms with Gasteiger partial charge in [-0.15, -0.1) is 0 Å². The summed E-state index contributed by atoms with van der Waals surface area (Å²) < 4.78 is 6.20. The van der Waals surface area contributed by atoms with E-state index in [1.807, 2.05) is 18.2 Å². The molecule has 5 nitrogen and oxygen atoms in total. The van der Waals surface area contributed by atoms with Gasteiger partial charge in [-0.05, 0) is 36.9 Å². The molecule has 1 amide bonds. The van der Waals surface area contributed by atoms with Gasteiger partial charge in [-0.1, -0.05) is 18.2 Å². The third-order valence-electron chi connectivity index (χ3n) is 6.21. The molecule has 4 heterocycles. The number of carbonyl (C=O) groups excluding carboxylic acids is 1. The number of carbonyl (C=O) groups is 1. The highest BCUT2D eigenvalue weighted by atomic mass is 16.7. The average Bonchev–Trinajstić information content (AvgIpc) is 2.94. The smallest absolute Gasteiger partial charge is 0.264 e. The fourth-order valence-corrected chi connectivity index (χ4v) is 5.18. The van der Waals surface area contributed by atoms with Crippen LogP contribution in [0.4, 0.5) is 5.69 Å². The lowest BCUT2D eigenvalue weighted by atomic mass is 9.71. The maximum atomic E-state index is 13.3. The van der Waals surface area contributed by atoms with Crippen LogP contribution in [0.1, 0.15) is 18.4 Å². The van der Waals surface area contributed by atoms with E-state index in [0.29, 0.717) is 17.9 Å². The van der Waals surface area contributed by atoms with Gasteiger partial charge in [-0.3, -0.25) is 9.63 Å². The van der Waals surface area contributed by atoms with Crippen LogP contribution in [0.15, 0.2) is 24.3 Å². The molecule has 5 aliphatic rings. The molecule has 1 saturated carbocycles. The molecule has 4 bridgehead atoms. The predicted octanol–water partition coefficient (Wildman–Crippen LogP) is 1.23. The van der Waals surface area contributed by atoms with Crippen LogP contribution in [0, 0.1) is 11.8 Å². The van der Waals surface area contributed by atoms with Crippen molar-refractivity contribution in [2.75, 3.05) is 25.3 Å². The van der Waals surface area contributed by atoms with Crippen molar-refractivity contribution >= 4 is 11.6 Å². The lowest BCUT2D eigenvalue weighted by Gasteiger charge is -2.38. The lowest BCUT2D eigenvalue weighted by molar-refractivity contribution is -0.137. The van der Waals surface area contributed by atoms with Crippen molar-refractivity contribution in [1.82, 2.24) is 5.32 Å². The number of amides is 1. The monoisotopic (exact) mass is 300 g/mol. The number of nitrogens with one attached hydrogen (secondary N) is 1. The normalized spacial score (nSPS) is 42.0. The largest absolute Gasteiger partial charge is 0.376 e. The van der Waals surface area contributed by atoms with E-state index < -0.39 is 5.41 Å². The molecule has 5 atom stereocenters. The molecular formula is C17H20N2O3. The predicted molar refractivity (Wildman–Crippen MR) is 80.4 cm³/mol. The minimum atomic E-state index is -0.589. The second kappa shape index (κ2) is 4.31. The molecule has 3 saturated heterocycles. The van der Waals surface area contributed by atoms with Crippen molar-refractivity contribution in [3.05, 3.63) is 29.8 Å². The Morgan fingerprint density at radius 3 is 3.14 bits per heavy atom. The van der Waals surface area contributed by atoms with Gasteiger partial charge >= 0.3 is 0 Å². The standard InChI is InChI=1S/C17H20N2O3/c1-21-19-14-5-3-2-4-12(14)17(16(19)20)7-13-11-9-22-15(17)6-10(11)8-18-13/h2-5,10-11,13,15,18H,6-9H2,1H3. The second-order valence-corrected chi connectivity index (χ2v) is 6.97. The van der Waals surface area contributed by atoms with Crippen LogP contribution >= 0.6 is 0 Å². The van der Waals surface area contributed by atoms with Gasteiger partial charge in [-0.25, -0.2) is 0 Å². The molecule has 5 unspecified atom stereocenters. The van der Waals surface area contributed by atoms with Crippen molar-refractivity contribution in [3.63, 3.8) is 0 Å². The van der Waals surface area contributed by atoms with Gasteiger partial charge in [0, 0.05) is 12.0 Å². The molecule has 1 spiro atoms. The van der Waals surface area contributed by atoms with E-state index in [-0.39, 0.29) is 12.0 Å². The maximum Gasteiger partial charge on any atom is 0.264 e. The van der Waals surface area contributed by atoms with Crippen molar-refractivity contribution in [1.29, 1.82) is 0 Å². The van der Waals surface area contributed by atoms with Crippen molar-refractivity contribution in [2.24, 2.45) is 11.8 Å². The summed E-state index contributed by atoms with van der Waals surface area (Å²) in [6.45, 7) is 1.84. The zero-order valence-corrected chi connectivity index (χ0v) is 12.6. The first kappa shape index (κ1) is 13.0. The lowest BCUT2D eigenvalue weighted by Crippen LogP contribution is -2.52. The Kier molecular flexibility index (Phi) is 2.56. The Labute approximate surface area is 129 Å². The van der Waals surface area contributed by atoms with E-state index in [0.717, 1.165) is 37.2 Å². The van der Waals surface area contributed by atoms with Gasteiger partial charge in [-0.2, -0.15) is 5.06 Å². The minimum Gasteiger partial charge on any atom is -0.376 e. The van der Waals surface area contributed by atoms with E-state index in [1.54, 1.807) is 7.11 Å². The summed E-state index contributed by atoms with van der Waals surface area (Å²) in [7, 11) is 1.56. The molecule has 1 aromatic carbocycles. The summed E-state index contributed by atoms with van der Waals surface area (Å²) in [5, 5.41) is 5.09. The molecule has 116 valence electrons. The van der Waals surface area contributed by atoms with Crippen LogP contribution in [0.3, 0.4) is 0 Å². The number of hydrogen-bond donors (Lipinski definition) is 1. The van der Waals surface area contributed by atoms with E-state index in [4.69, 9.17) is 9.57 Å². The van der Waals surface area contributed by atoms with Crippen molar-refractivity contribution in [3.8, 4) is 0 Å². The number of fused-ring (bicyclic) bond motifs is 2. The van der Waals surface area contributed by atoms with Gasteiger partial charge in [0.15, 0.2) is 0 Å². The topological polar surface area (TPSA) is 50.8 Å². The Morgan fingerprint density at radius 1 is 1.41 bits per heavy atom. The quantitative estimate of drug-likeness (QED) is 0.847. The number of para-hydroxylation sites is 1. The molecule has 4 fully saturated rings. The average molecular weight is 300 g/mol. The number of benzene rings is 1. The Balaban J connectivity index is 1.71. The van der Waals surface area contributed by atoms with Gasteiger partial charge < -0.3 is 10.1 Å². The number of hydroxylamine groups is 1. The highest BCUT2D eigenvalue weighted by molar-refractivity contribution is 6.07. The first-order valence-corrected chi connectivity index (χ1v) is 8.09. The van der Waals surface area contributed by atoms with E-state index in [2.05, 4.69) is 11.4 Å². The van der Waals surface area contributed by atoms with Crippen LogP contribution in [0.25, 0.3) is 0 Å². The van der Waals surface area contributed by atoms with Crippen LogP contribution in [-0.4, -0.2) is 38.3 Å². The summed E-state index contributed by atoms with van der Waals surface area (Å²) in [5.74, 6) is 1.23. The molecule has 0 radical (unpaired) electrons. The third-order valence-corrected chi connectivity index (χ3v) is 6.21. The highest BCUT2D eigenvalue weighted by Crippen LogP contribution is 2.55. The molecule has 1 aliphatic carbocycles. The van der Waals surface area contributed by atoms with Gasteiger partial charge in [0.2, 0.25) is 0 Å². The van der Waals surface area contributed by atoms with Crippen molar-refractivity contribution in [2.45, 2.75) is 30.4 Å². The summed E-state index contributed by atoms with van der Waals surface area (Å²) in [6.07, 6.45) is 1.75. The van der Waals surface area contributed by atoms with E-state index in [9.17, 15) is 4.79 Å². The van der Waals surface area contributed by atoms with Gasteiger partial charge in [0.05, 0.1) is 25.5 Å². The molecule has 4 aliphatic heterocycles. The SMILES string of the molecule is CON1C(=O)C2(CC3NCC4CC2OCC43)c2ccccc21. The molecule has 1 aromatic rings. The first-order chi connectivity index (χ1) is 10.8. The summed E-state index contributed by atoms with van der Waals surface area (Å²) in [4.78, 5) is 18.7. The molecule has 1 N–H and O–H groups in total. The van der Waals surface area contributed by atoms with Gasteiger partial charge in [0.1, 0.15) is 5.41 Å². The number of anilines is 1. The minimum absolute atomic E-state index is 0.0327. The van der Waals surface area contributed by atoms with Crippen LogP contribution in [0.2, 0.25) is 0 Å². The third kappa shape index (κ3) is 1.37. The molecule has 6 rings (SSSR count). The summed E-state index contributed by atoms with van der Waals surface area (Å²) in [5.41, 5.74) is 1.36. The molecule has 22 heavy (non-hydrogen) atoms. The number of ether oxygens (including phenoxy) is 1. The molecule has 5 heteroatoms. The zero-order chi connectivity index (χ0) is 14.9. The number of hydrogen-bond acceptors (Lipinski definition) is 4. The maximum absolute atomic E-state index is 13.3. The zero-order valence-electron chi connectivity index (χ0n) is 12.6. The Hall–Kier alpha value is -1.43. The Bertz CT molecular complexity index is 649. The molecular weight excluding hydrogens is 280 g/mol. The van der Waals surface area contributed by atoms with E-state index in [1.165, 1.54) is 5.06 Å². The number of nitrogens with zero attached hydrogens (tertiary/aromatic N) is 1. The second-order valence-electron chi connectivity index (χ2n) is 6.97. The van der Waals surface area contributed by atoms with Crippen molar-refractivity contribution < 1.29 is 14.4 Å². The summed E-state index contributed by atoms with van der Waals surface area (Å²) >= 11 is 0. The Morgan fingerprint density at radius 2 is 2.27 bits per heavy atom. The highest BCUT2D eigenvalue weighted by Gasteiger charge is 2.63. The van der Waals surface area contributed by atoms with Crippen LogP contribution < -0.4 is 10.4 Å². The fourth-order valence-electron chi connectivity index (χ4n) is 5.18. The van der Waals surface area contributed by atoms with Crippen LogP contribution in [-0.2, 0) is 19.8 Å². The first-order valence-electron chi connectivity index (χ1n) is 8.09.